The molecule has 1 atom stereocenters. The minimum atomic E-state index is -3.64. The summed E-state index contributed by atoms with van der Waals surface area (Å²) in [5.41, 5.74) is 1.24. The summed E-state index contributed by atoms with van der Waals surface area (Å²) in [5.74, 6) is 0.105. The summed E-state index contributed by atoms with van der Waals surface area (Å²) in [6.07, 6.45) is 1.08. The molecule has 0 saturated heterocycles. The molecule has 0 bridgehead atoms. The highest BCUT2D eigenvalue weighted by Gasteiger charge is 2.32. The lowest BCUT2D eigenvalue weighted by atomic mass is 10.2. The zero-order chi connectivity index (χ0) is 16.4. The second kappa shape index (κ2) is 6.34. The van der Waals surface area contributed by atoms with Crippen LogP contribution in [-0.2, 0) is 14.8 Å². The number of aryl methyl sites for hydroxylation is 1. The summed E-state index contributed by atoms with van der Waals surface area (Å²) >= 11 is 0. The number of hydrogen-bond acceptors (Lipinski definition) is 4. The topological polar surface area (TPSA) is 66.9 Å². The molecule has 0 aromatic heterocycles. The number of carbonyl (C=O) groups is 1. The molecule has 1 rings (SSSR count). The van der Waals surface area contributed by atoms with Gasteiger partial charge in [-0.25, -0.2) is 8.42 Å². The summed E-state index contributed by atoms with van der Waals surface area (Å²) in [6.45, 7) is 3.41. The highest BCUT2D eigenvalue weighted by atomic mass is 32.2. The standard InChI is InChI=1S/C14H22N2O4S/c1-10-7-8-13(20-5)12(9-10)16(21(6,18)19)11(2)14(17)15(3)4/h7-9,11H,1-6H3. The third kappa shape index (κ3) is 3.87. The van der Waals surface area contributed by atoms with Gasteiger partial charge in [-0.1, -0.05) is 6.07 Å². The largest absolute Gasteiger partial charge is 0.495 e. The van der Waals surface area contributed by atoms with Crippen LogP contribution in [0.1, 0.15) is 12.5 Å². The summed E-state index contributed by atoms with van der Waals surface area (Å²) in [7, 11) is 1.01. The normalized spacial score (nSPS) is 12.7. The third-order valence-corrected chi connectivity index (χ3v) is 4.31. The van der Waals surface area contributed by atoms with Crippen LogP contribution in [0.2, 0.25) is 0 Å². The van der Waals surface area contributed by atoms with Crippen LogP contribution >= 0.6 is 0 Å². The van der Waals surface area contributed by atoms with Gasteiger partial charge in [0.15, 0.2) is 0 Å². The third-order valence-electron chi connectivity index (χ3n) is 3.08. The maximum Gasteiger partial charge on any atom is 0.245 e. The zero-order valence-electron chi connectivity index (χ0n) is 13.2. The Morgan fingerprint density at radius 1 is 1.29 bits per heavy atom. The molecule has 7 heteroatoms. The van der Waals surface area contributed by atoms with E-state index in [-0.39, 0.29) is 5.91 Å². The molecule has 21 heavy (non-hydrogen) atoms. The second-order valence-electron chi connectivity index (χ2n) is 5.14. The van der Waals surface area contributed by atoms with Crippen molar-refractivity contribution >= 4 is 21.6 Å². The first-order chi connectivity index (χ1) is 9.59. The molecule has 0 fully saturated rings. The highest BCUT2D eigenvalue weighted by molar-refractivity contribution is 7.92. The Labute approximate surface area is 126 Å². The van der Waals surface area contributed by atoms with Crippen molar-refractivity contribution in [2.24, 2.45) is 0 Å². The number of methoxy groups -OCH3 is 1. The van der Waals surface area contributed by atoms with Gasteiger partial charge in [0.05, 0.1) is 19.1 Å². The Balaban J connectivity index is 3.47. The molecule has 0 saturated carbocycles. The first kappa shape index (κ1) is 17.3. The Bertz CT molecular complexity index is 626. The summed E-state index contributed by atoms with van der Waals surface area (Å²) in [5, 5.41) is 0. The number of benzene rings is 1. The molecule has 6 nitrogen and oxygen atoms in total. The van der Waals surface area contributed by atoms with E-state index in [2.05, 4.69) is 0 Å². The monoisotopic (exact) mass is 314 g/mol. The molecule has 0 radical (unpaired) electrons. The Morgan fingerprint density at radius 3 is 2.29 bits per heavy atom. The molecule has 1 aromatic rings. The number of carbonyl (C=O) groups excluding carboxylic acids is 1. The van der Waals surface area contributed by atoms with Crippen molar-refractivity contribution < 1.29 is 17.9 Å². The van der Waals surface area contributed by atoms with Crippen LogP contribution in [0.25, 0.3) is 0 Å². The number of ether oxygens (including phenoxy) is 1. The van der Waals surface area contributed by atoms with Gasteiger partial charge in [-0.15, -0.1) is 0 Å². The van der Waals surface area contributed by atoms with Crippen molar-refractivity contribution in [3.8, 4) is 5.75 Å². The van der Waals surface area contributed by atoms with E-state index in [9.17, 15) is 13.2 Å². The molecule has 0 aliphatic heterocycles. The van der Waals surface area contributed by atoms with Gasteiger partial charge < -0.3 is 9.64 Å². The van der Waals surface area contributed by atoms with E-state index in [1.807, 2.05) is 13.0 Å². The fourth-order valence-corrected chi connectivity index (χ4v) is 3.29. The lowest BCUT2D eigenvalue weighted by Gasteiger charge is -2.31. The van der Waals surface area contributed by atoms with Crippen molar-refractivity contribution in [3.05, 3.63) is 23.8 Å². The number of sulfonamides is 1. The van der Waals surface area contributed by atoms with Crippen LogP contribution in [0.5, 0.6) is 5.75 Å². The fourth-order valence-electron chi connectivity index (χ4n) is 2.12. The number of rotatable bonds is 5. The van der Waals surface area contributed by atoms with E-state index in [1.54, 1.807) is 33.2 Å². The molecule has 0 spiro atoms. The Kier molecular flexibility index (Phi) is 5.22. The molecule has 0 heterocycles. The van der Waals surface area contributed by atoms with Gasteiger partial charge in [0.1, 0.15) is 11.8 Å². The first-order valence-corrected chi connectivity index (χ1v) is 8.29. The molecule has 0 N–H and O–H groups in total. The fraction of sp³-hybridized carbons (Fsp3) is 0.500. The minimum absolute atomic E-state index is 0.302. The van der Waals surface area contributed by atoms with Gasteiger partial charge in [-0.3, -0.25) is 9.10 Å². The van der Waals surface area contributed by atoms with Crippen molar-refractivity contribution in [2.45, 2.75) is 19.9 Å². The SMILES string of the molecule is COc1ccc(C)cc1N(C(C)C(=O)N(C)C)S(C)(=O)=O. The van der Waals surface area contributed by atoms with Gasteiger partial charge in [-0.05, 0) is 31.5 Å². The molecule has 1 unspecified atom stereocenters. The number of nitrogens with zero attached hydrogens (tertiary/aromatic N) is 2. The van der Waals surface area contributed by atoms with E-state index in [0.29, 0.717) is 11.4 Å². The number of likely N-dealkylation sites (N-methyl/N-ethyl adjacent to an activating group) is 1. The lowest BCUT2D eigenvalue weighted by Crippen LogP contribution is -2.47. The zero-order valence-corrected chi connectivity index (χ0v) is 14.1. The van der Waals surface area contributed by atoms with Crippen molar-refractivity contribution in [1.82, 2.24) is 4.90 Å². The maximum absolute atomic E-state index is 12.2. The average Bonchev–Trinajstić information content (AvgIpc) is 2.36. The van der Waals surface area contributed by atoms with E-state index >= 15 is 0 Å². The predicted molar refractivity (Wildman–Crippen MR) is 83.2 cm³/mol. The maximum atomic E-state index is 12.2. The van der Waals surface area contributed by atoms with Gasteiger partial charge in [0.25, 0.3) is 0 Å². The van der Waals surface area contributed by atoms with Crippen LogP contribution in [-0.4, -0.2) is 52.7 Å². The average molecular weight is 314 g/mol. The van der Waals surface area contributed by atoms with E-state index in [1.165, 1.54) is 12.0 Å². The number of hydrogen-bond donors (Lipinski definition) is 0. The van der Waals surface area contributed by atoms with Crippen LogP contribution in [0.15, 0.2) is 18.2 Å². The van der Waals surface area contributed by atoms with Gasteiger partial charge in [0, 0.05) is 14.1 Å². The van der Waals surface area contributed by atoms with Gasteiger partial charge in [0.2, 0.25) is 15.9 Å². The molecule has 1 amide bonds. The molecule has 1 aromatic carbocycles. The molecular weight excluding hydrogens is 292 g/mol. The number of amides is 1. The van der Waals surface area contributed by atoms with Crippen LogP contribution < -0.4 is 9.04 Å². The summed E-state index contributed by atoms with van der Waals surface area (Å²) < 4.78 is 30.7. The molecule has 0 aliphatic carbocycles. The molecule has 118 valence electrons. The van der Waals surface area contributed by atoms with E-state index in [0.717, 1.165) is 16.1 Å². The van der Waals surface area contributed by atoms with Crippen molar-refractivity contribution in [2.75, 3.05) is 31.8 Å². The van der Waals surface area contributed by atoms with Crippen LogP contribution in [0.3, 0.4) is 0 Å². The Morgan fingerprint density at radius 2 is 1.86 bits per heavy atom. The lowest BCUT2D eigenvalue weighted by molar-refractivity contribution is -0.129. The number of anilines is 1. The van der Waals surface area contributed by atoms with Crippen LogP contribution in [0.4, 0.5) is 5.69 Å². The first-order valence-electron chi connectivity index (χ1n) is 6.44. The molecular formula is C14H22N2O4S. The van der Waals surface area contributed by atoms with Crippen LogP contribution in [0, 0.1) is 6.92 Å². The summed E-state index contributed by atoms with van der Waals surface area (Å²) in [4.78, 5) is 13.5. The van der Waals surface area contributed by atoms with Crippen molar-refractivity contribution in [1.29, 1.82) is 0 Å². The van der Waals surface area contributed by atoms with Gasteiger partial charge in [-0.2, -0.15) is 0 Å². The smallest absolute Gasteiger partial charge is 0.245 e. The van der Waals surface area contributed by atoms with E-state index in [4.69, 9.17) is 4.74 Å². The quantitative estimate of drug-likeness (QED) is 0.820. The van der Waals surface area contributed by atoms with Crippen molar-refractivity contribution in [3.63, 3.8) is 0 Å². The minimum Gasteiger partial charge on any atom is -0.495 e. The van der Waals surface area contributed by atoms with E-state index < -0.39 is 16.1 Å². The second-order valence-corrected chi connectivity index (χ2v) is 7.00. The van der Waals surface area contributed by atoms with Gasteiger partial charge >= 0.3 is 0 Å². The molecule has 0 aliphatic rings. The summed E-state index contributed by atoms with van der Waals surface area (Å²) in [6, 6.07) is 4.35. The predicted octanol–water partition coefficient (Wildman–Crippen LogP) is 1.25. The Hall–Kier alpha value is -1.76. The highest BCUT2D eigenvalue weighted by Crippen LogP contribution is 2.32.